The van der Waals surface area contributed by atoms with Crippen molar-refractivity contribution in [2.75, 3.05) is 13.1 Å². The first-order valence-corrected chi connectivity index (χ1v) is 11.2. The minimum atomic E-state index is -0.293. The van der Waals surface area contributed by atoms with Gasteiger partial charge in [0.2, 0.25) is 6.39 Å². The summed E-state index contributed by atoms with van der Waals surface area (Å²) in [6.45, 7) is 8.98. The van der Waals surface area contributed by atoms with Gasteiger partial charge in [0.1, 0.15) is 0 Å². The number of aromatic amines is 1. The summed E-state index contributed by atoms with van der Waals surface area (Å²) >= 11 is 0. The SMILES string of the molecule is Cc1cc(-c2[nH]c3ccc(C4CCN(Cc5ncon5)CC4)cc3c2C(C)C)c(F)cn1. The van der Waals surface area contributed by atoms with Gasteiger partial charge in [0, 0.05) is 22.2 Å². The summed E-state index contributed by atoms with van der Waals surface area (Å²) in [4.78, 5) is 14.1. The second-order valence-electron chi connectivity index (χ2n) is 9.08. The molecule has 1 aromatic carbocycles. The lowest BCUT2D eigenvalue weighted by atomic mass is 9.87. The Morgan fingerprint density at radius 1 is 1.19 bits per heavy atom. The molecule has 0 radical (unpaired) electrons. The molecular weight excluding hydrogens is 405 g/mol. The van der Waals surface area contributed by atoms with E-state index in [1.807, 2.05) is 13.0 Å². The number of hydrogen-bond acceptors (Lipinski definition) is 5. The third kappa shape index (κ3) is 3.93. The van der Waals surface area contributed by atoms with E-state index in [9.17, 15) is 4.39 Å². The summed E-state index contributed by atoms with van der Waals surface area (Å²) in [6, 6.07) is 8.51. The largest absolute Gasteiger partial charge is 0.354 e. The molecule has 32 heavy (non-hydrogen) atoms. The maximum atomic E-state index is 14.7. The quantitative estimate of drug-likeness (QED) is 0.446. The molecule has 1 aliphatic heterocycles. The monoisotopic (exact) mass is 433 g/mol. The highest BCUT2D eigenvalue weighted by Gasteiger charge is 2.24. The van der Waals surface area contributed by atoms with E-state index in [1.54, 1.807) is 0 Å². The van der Waals surface area contributed by atoms with E-state index in [0.29, 0.717) is 11.5 Å². The number of rotatable bonds is 5. The highest BCUT2D eigenvalue weighted by Crippen LogP contribution is 2.39. The number of likely N-dealkylation sites (tertiary alicyclic amines) is 1. The van der Waals surface area contributed by atoms with Crippen LogP contribution in [0.1, 0.15) is 61.2 Å². The number of pyridine rings is 1. The van der Waals surface area contributed by atoms with Crippen molar-refractivity contribution in [2.45, 2.75) is 52.0 Å². The Morgan fingerprint density at radius 2 is 2.00 bits per heavy atom. The number of hydrogen-bond donors (Lipinski definition) is 1. The maximum absolute atomic E-state index is 14.7. The first kappa shape index (κ1) is 20.8. The number of benzene rings is 1. The van der Waals surface area contributed by atoms with Crippen molar-refractivity contribution in [1.82, 2.24) is 25.0 Å². The minimum absolute atomic E-state index is 0.263. The van der Waals surface area contributed by atoms with E-state index in [-0.39, 0.29) is 11.7 Å². The van der Waals surface area contributed by atoms with Crippen molar-refractivity contribution in [1.29, 1.82) is 0 Å². The lowest BCUT2D eigenvalue weighted by Gasteiger charge is -2.31. The summed E-state index contributed by atoms with van der Waals surface area (Å²) in [6.07, 6.45) is 4.88. The van der Waals surface area contributed by atoms with Gasteiger partial charge in [-0.25, -0.2) is 4.39 Å². The van der Waals surface area contributed by atoms with Gasteiger partial charge in [-0.1, -0.05) is 25.1 Å². The minimum Gasteiger partial charge on any atom is -0.354 e. The normalized spacial score (nSPS) is 15.8. The van der Waals surface area contributed by atoms with Gasteiger partial charge in [0.15, 0.2) is 11.6 Å². The molecule has 166 valence electrons. The number of fused-ring (bicyclic) bond motifs is 1. The molecule has 0 aliphatic carbocycles. The molecule has 0 saturated carbocycles. The lowest BCUT2D eigenvalue weighted by Crippen LogP contribution is -2.32. The van der Waals surface area contributed by atoms with Crippen LogP contribution in [0.3, 0.4) is 0 Å². The zero-order chi connectivity index (χ0) is 22.2. The number of H-pyrrole nitrogens is 1. The van der Waals surface area contributed by atoms with Crippen LogP contribution in [0.25, 0.3) is 22.2 Å². The topological polar surface area (TPSA) is 70.8 Å². The molecule has 0 atom stereocenters. The number of aryl methyl sites for hydroxylation is 1. The average molecular weight is 434 g/mol. The fourth-order valence-corrected chi connectivity index (χ4v) is 4.92. The van der Waals surface area contributed by atoms with Gasteiger partial charge in [-0.15, -0.1) is 0 Å². The van der Waals surface area contributed by atoms with Crippen molar-refractivity contribution >= 4 is 10.9 Å². The summed E-state index contributed by atoms with van der Waals surface area (Å²) in [5, 5.41) is 5.12. The summed E-state index contributed by atoms with van der Waals surface area (Å²) < 4.78 is 19.5. The lowest BCUT2D eigenvalue weighted by molar-refractivity contribution is 0.198. The van der Waals surface area contributed by atoms with Crippen LogP contribution in [0.5, 0.6) is 0 Å². The number of nitrogens with one attached hydrogen (secondary N) is 1. The van der Waals surface area contributed by atoms with Crippen LogP contribution in [0.15, 0.2) is 41.4 Å². The van der Waals surface area contributed by atoms with Gasteiger partial charge in [0.05, 0.1) is 18.4 Å². The van der Waals surface area contributed by atoms with E-state index >= 15 is 0 Å². The molecule has 1 fully saturated rings. The highest BCUT2D eigenvalue weighted by molar-refractivity contribution is 5.92. The van der Waals surface area contributed by atoms with Crippen LogP contribution in [0.2, 0.25) is 0 Å². The Balaban J connectivity index is 1.44. The van der Waals surface area contributed by atoms with E-state index in [4.69, 9.17) is 4.52 Å². The van der Waals surface area contributed by atoms with Crippen molar-refractivity contribution in [3.8, 4) is 11.3 Å². The Kier molecular flexibility index (Phi) is 5.51. The number of halogens is 1. The van der Waals surface area contributed by atoms with Crippen LogP contribution < -0.4 is 0 Å². The number of nitrogens with zero attached hydrogens (tertiary/aromatic N) is 4. The summed E-state index contributed by atoms with van der Waals surface area (Å²) in [5.74, 6) is 1.22. The number of piperidine rings is 1. The van der Waals surface area contributed by atoms with E-state index in [1.165, 1.54) is 29.1 Å². The standard InChI is InChI=1S/C25H28FN5O/c1-15(2)24-20-11-18(17-6-8-31(9-7-17)13-23-28-14-32-30-23)4-5-22(20)29-25(24)19-10-16(3)27-12-21(19)26/h4-5,10-12,14-15,17,29H,6-9,13H2,1-3H3. The molecule has 5 rings (SSSR count). The van der Waals surface area contributed by atoms with Crippen LogP contribution >= 0.6 is 0 Å². The summed E-state index contributed by atoms with van der Waals surface area (Å²) in [7, 11) is 0. The molecule has 1 N–H and O–H groups in total. The van der Waals surface area contributed by atoms with Crippen LogP contribution in [-0.4, -0.2) is 38.1 Å². The first-order chi connectivity index (χ1) is 15.5. The first-order valence-electron chi connectivity index (χ1n) is 11.2. The Labute approximate surface area is 186 Å². The molecule has 7 heteroatoms. The molecule has 4 aromatic rings. The average Bonchev–Trinajstić information content (AvgIpc) is 3.43. The van der Waals surface area contributed by atoms with Gasteiger partial charge in [0.25, 0.3) is 0 Å². The molecular formula is C25H28FN5O. The zero-order valence-corrected chi connectivity index (χ0v) is 18.7. The van der Waals surface area contributed by atoms with Crippen LogP contribution in [0.4, 0.5) is 4.39 Å². The Hall–Kier alpha value is -3.06. The molecule has 0 spiro atoms. The highest BCUT2D eigenvalue weighted by atomic mass is 19.1. The fourth-order valence-electron chi connectivity index (χ4n) is 4.92. The molecule has 6 nitrogen and oxygen atoms in total. The zero-order valence-electron chi connectivity index (χ0n) is 18.7. The summed E-state index contributed by atoms with van der Waals surface area (Å²) in [5.41, 5.74) is 5.84. The van der Waals surface area contributed by atoms with Crippen LogP contribution in [0, 0.1) is 12.7 Å². The van der Waals surface area contributed by atoms with Crippen molar-refractivity contribution in [3.05, 3.63) is 65.3 Å². The van der Waals surface area contributed by atoms with Gasteiger partial charge < -0.3 is 9.51 Å². The third-order valence-electron chi connectivity index (χ3n) is 6.53. The van der Waals surface area contributed by atoms with E-state index in [2.05, 4.69) is 57.1 Å². The fraction of sp³-hybridized carbons (Fsp3) is 0.400. The number of aromatic nitrogens is 4. The second kappa shape index (κ2) is 8.47. The smallest absolute Gasteiger partial charge is 0.213 e. The molecule has 1 saturated heterocycles. The Bertz CT molecular complexity index is 1220. The van der Waals surface area contributed by atoms with Gasteiger partial charge in [-0.3, -0.25) is 9.88 Å². The van der Waals surface area contributed by atoms with Gasteiger partial charge in [-0.05, 0) is 74.0 Å². The molecule has 1 aliphatic rings. The van der Waals surface area contributed by atoms with Crippen molar-refractivity contribution in [2.24, 2.45) is 0 Å². The van der Waals surface area contributed by atoms with Gasteiger partial charge in [-0.2, -0.15) is 4.98 Å². The Morgan fingerprint density at radius 3 is 2.72 bits per heavy atom. The molecule has 3 aromatic heterocycles. The molecule has 4 heterocycles. The predicted octanol–water partition coefficient (Wildman–Crippen LogP) is 5.56. The maximum Gasteiger partial charge on any atom is 0.213 e. The molecule has 0 amide bonds. The predicted molar refractivity (Wildman–Crippen MR) is 122 cm³/mol. The third-order valence-corrected chi connectivity index (χ3v) is 6.53. The van der Waals surface area contributed by atoms with E-state index in [0.717, 1.165) is 55.2 Å². The van der Waals surface area contributed by atoms with Crippen molar-refractivity contribution < 1.29 is 8.91 Å². The van der Waals surface area contributed by atoms with Crippen molar-refractivity contribution in [3.63, 3.8) is 0 Å². The van der Waals surface area contributed by atoms with Gasteiger partial charge >= 0.3 is 0 Å². The second-order valence-corrected chi connectivity index (χ2v) is 9.08. The van der Waals surface area contributed by atoms with E-state index < -0.39 is 0 Å². The molecule has 0 bridgehead atoms. The molecule has 0 unspecified atom stereocenters. The van der Waals surface area contributed by atoms with Crippen LogP contribution in [-0.2, 0) is 6.54 Å².